The minimum atomic E-state index is -3.98. The van der Waals surface area contributed by atoms with Gasteiger partial charge in [-0.05, 0) is 63.8 Å². The summed E-state index contributed by atoms with van der Waals surface area (Å²) in [6.45, 7) is 7.01. The molecule has 0 bridgehead atoms. The molecular formula is C23H34N4O3S. The van der Waals surface area contributed by atoms with Crippen LogP contribution < -0.4 is 9.62 Å². The summed E-state index contributed by atoms with van der Waals surface area (Å²) in [7, 11) is -2.26. The van der Waals surface area contributed by atoms with Crippen molar-refractivity contribution in [1.82, 2.24) is 15.1 Å². The van der Waals surface area contributed by atoms with E-state index in [-0.39, 0.29) is 23.4 Å². The number of aryl methyl sites for hydroxylation is 4. The van der Waals surface area contributed by atoms with Crippen molar-refractivity contribution in [2.24, 2.45) is 7.05 Å². The molecule has 7 nitrogen and oxygen atoms in total. The lowest BCUT2D eigenvalue weighted by Crippen LogP contribution is -2.44. The molecule has 1 aliphatic carbocycles. The van der Waals surface area contributed by atoms with Crippen molar-refractivity contribution in [1.29, 1.82) is 0 Å². The van der Waals surface area contributed by atoms with E-state index in [2.05, 4.69) is 10.4 Å². The predicted molar refractivity (Wildman–Crippen MR) is 123 cm³/mol. The molecule has 0 radical (unpaired) electrons. The number of amides is 1. The number of carbonyl (C=O) groups is 1. The highest BCUT2D eigenvalue weighted by Crippen LogP contribution is 2.29. The van der Waals surface area contributed by atoms with E-state index < -0.39 is 10.0 Å². The number of rotatable bonds is 6. The number of hydrogen-bond acceptors (Lipinski definition) is 4. The highest BCUT2D eigenvalue weighted by Gasteiger charge is 2.33. The summed E-state index contributed by atoms with van der Waals surface area (Å²) in [5.74, 6) is -0.270. The molecule has 170 valence electrons. The Morgan fingerprint density at radius 3 is 2.16 bits per heavy atom. The summed E-state index contributed by atoms with van der Waals surface area (Å²) in [5, 5.41) is 7.36. The fourth-order valence-corrected chi connectivity index (χ4v) is 6.28. The van der Waals surface area contributed by atoms with Crippen LogP contribution in [0.5, 0.6) is 0 Å². The molecular weight excluding hydrogens is 412 g/mol. The summed E-state index contributed by atoms with van der Waals surface area (Å²) in [5.41, 5.74) is 3.36. The zero-order valence-electron chi connectivity index (χ0n) is 19.2. The van der Waals surface area contributed by atoms with E-state index in [1.54, 1.807) is 25.6 Å². The molecule has 0 saturated heterocycles. The van der Waals surface area contributed by atoms with Gasteiger partial charge in [-0.15, -0.1) is 0 Å². The molecule has 1 aromatic carbocycles. The smallest absolute Gasteiger partial charge is 0.268 e. The lowest BCUT2D eigenvalue weighted by molar-refractivity contribution is -0.120. The number of aromatic nitrogens is 2. The van der Waals surface area contributed by atoms with E-state index in [0.717, 1.165) is 36.8 Å². The van der Waals surface area contributed by atoms with Crippen LogP contribution in [-0.2, 0) is 21.9 Å². The highest BCUT2D eigenvalue weighted by molar-refractivity contribution is 7.93. The number of anilines is 1. The van der Waals surface area contributed by atoms with Crippen LogP contribution in [0.1, 0.15) is 61.0 Å². The Hall–Kier alpha value is -2.35. The Morgan fingerprint density at radius 1 is 1.06 bits per heavy atom. The van der Waals surface area contributed by atoms with Gasteiger partial charge in [0.05, 0.1) is 17.1 Å². The SMILES string of the molecule is Cc1cc(C)cc(N(CC(=O)NC2CCCCCC2)S(=O)(=O)c2c(C)nn(C)c2C)c1. The molecule has 31 heavy (non-hydrogen) atoms. The number of hydrogen-bond donors (Lipinski definition) is 1. The van der Waals surface area contributed by atoms with Gasteiger partial charge >= 0.3 is 0 Å². The van der Waals surface area contributed by atoms with Gasteiger partial charge in [0.1, 0.15) is 11.4 Å². The lowest BCUT2D eigenvalue weighted by atomic mass is 10.1. The van der Waals surface area contributed by atoms with Gasteiger partial charge < -0.3 is 5.32 Å². The van der Waals surface area contributed by atoms with Gasteiger partial charge in [0.2, 0.25) is 5.91 Å². The second kappa shape index (κ2) is 9.42. The monoisotopic (exact) mass is 446 g/mol. The number of nitrogens with zero attached hydrogens (tertiary/aromatic N) is 3. The fourth-order valence-electron chi connectivity index (χ4n) is 4.47. The Kier molecular flexibility index (Phi) is 7.09. The first-order valence-corrected chi connectivity index (χ1v) is 12.4. The quantitative estimate of drug-likeness (QED) is 0.686. The molecule has 1 fully saturated rings. The predicted octanol–water partition coefficient (Wildman–Crippen LogP) is 3.69. The van der Waals surface area contributed by atoms with Crippen molar-refractivity contribution in [2.75, 3.05) is 10.8 Å². The number of carbonyl (C=O) groups excluding carboxylic acids is 1. The molecule has 1 saturated carbocycles. The van der Waals surface area contributed by atoms with Gasteiger partial charge in [-0.25, -0.2) is 8.42 Å². The van der Waals surface area contributed by atoms with E-state index >= 15 is 0 Å². The van der Waals surface area contributed by atoms with Crippen LogP contribution >= 0.6 is 0 Å². The summed E-state index contributed by atoms with van der Waals surface area (Å²) in [4.78, 5) is 13.2. The molecule has 0 spiro atoms. The normalized spacial score (nSPS) is 15.5. The maximum Gasteiger partial charge on any atom is 0.268 e. The van der Waals surface area contributed by atoms with Gasteiger partial charge in [0.25, 0.3) is 10.0 Å². The molecule has 1 amide bonds. The van der Waals surface area contributed by atoms with Crippen molar-refractivity contribution >= 4 is 21.6 Å². The third kappa shape index (κ3) is 5.29. The first-order chi connectivity index (χ1) is 14.6. The van der Waals surface area contributed by atoms with Crippen molar-refractivity contribution in [2.45, 2.75) is 77.2 Å². The van der Waals surface area contributed by atoms with Crippen molar-refractivity contribution in [3.63, 3.8) is 0 Å². The minimum Gasteiger partial charge on any atom is -0.352 e. The summed E-state index contributed by atoms with van der Waals surface area (Å²) in [6, 6.07) is 5.72. The molecule has 1 aromatic heterocycles. The van der Waals surface area contributed by atoms with Gasteiger partial charge in [-0.2, -0.15) is 5.10 Å². The van der Waals surface area contributed by atoms with E-state index in [4.69, 9.17) is 0 Å². The van der Waals surface area contributed by atoms with E-state index in [1.165, 1.54) is 17.1 Å². The average molecular weight is 447 g/mol. The topological polar surface area (TPSA) is 84.3 Å². The Labute approximate surface area is 185 Å². The second-order valence-electron chi connectivity index (χ2n) is 8.74. The van der Waals surface area contributed by atoms with Crippen LogP contribution in [0.2, 0.25) is 0 Å². The molecule has 0 aliphatic heterocycles. The largest absolute Gasteiger partial charge is 0.352 e. The molecule has 0 unspecified atom stereocenters. The molecule has 1 aliphatic rings. The lowest BCUT2D eigenvalue weighted by Gasteiger charge is -2.26. The number of nitrogens with one attached hydrogen (secondary N) is 1. The average Bonchev–Trinajstić information content (AvgIpc) is 2.84. The molecule has 1 heterocycles. The van der Waals surface area contributed by atoms with Gasteiger partial charge in [-0.1, -0.05) is 31.7 Å². The summed E-state index contributed by atoms with van der Waals surface area (Å²) < 4.78 is 30.4. The standard InChI is InChI=1S/C23H34N4O3S/c1-16-12-17(2)14-21(13-16)27(15-22(28)24-20-10-8-6-7-9-11-20)31(29,30)23-18(3)25-26(5)19(23)4/h12-14,20H,6-11,15H2,1-5H3,(H,24,28). The van der Waals surface area contributed by atoms with Crippen LogP contribution in [0.25, 0.3) is 0 Å². The highest BCUT2D eigenvalue weighted by atomic mass is 32.2. The van der Waals surface area contributed by atoms with Gasteiger partial charge in [0, 0.05) is 13.1 Å². The van der Waals surface area contributed by atoms with Crippen LogP contribution in [-0.4, -0.2) is 36.7 Å². The van der Waals surface area contributed by atoms with E-state index in [1.807, 2.05) is 32.0 Å². The minimum absolute atomic E-state index is 0.112. The van der Waals surface area contributed by atoms with E-state index in [9.17, 15) is 13.2 Å². The van der Waals surface area contributed by atoms with Crippen LogP contribution in [0.3, 0.4) is 0 Å². The number of benzene rings is 1. The maximum atomic E-state index is 13.8. The van der Waals surface area contributed by atoms with Crippen molar-refractivity contribution in [3.8, 4) is 0 Å². The Balaban J connectivity index is 1.97. The third-order valence-corrected chi connectivity index (χ3v) is 8.02. The fraction of sp³-hybridized carbons (Fsp3) is 0.565. The summed E-state index contributed by atoms with van der Waals surface area (Å²) >= 11 is 0. The molecule has 0 atom stereocenters. The van der Waals surface area contributed by atoms with E-state index in [0.29, 0.717) is 17.1 Å². The van der Waals surface area contributed by atoms with Crippen molar-refractivity contribution < 1.29 is 13.2 Å². The second-order valence-corrected chi connectivity index (χ2v) is 10.5. The van der Waals surface area contributed by atoms with Gasteiger partial charge in [0.15, 0.2) is 0 Å². The van der Waals surface area contributed by atoms with Crippen LogP contribution in [0.15, 0.2) is 23.1 Å². The Morgan fingerprint density at radius 2 is 1.65 bits per heavy atom. The third-order valence-electron chi connectivity index (χ3n) is 5.99. The van der Waals surface area contributed by atoms with Crippen LogP contribution in [0.4, 0.5) is 5.69 Å². The molecule has 2 aromatic rings. The first-order valence-electron chi connectivity index (χ1n) is 11.0. The number of sulfonamides is 1. The zero-order valence-corrected chi connectivity index (χ0v) is 20.1. The summed E-state index contributed by atoms with van der Waals surface area (Å²) in [6.07, 6.45) is 6.46. The van der Waals surface area contributed by atoms with Crippen LogP contribution in [0, 0.1) is 27.7 Å². The zero-order chi connectivity index (χ0) is 22.8. The Bertz CT molecular complexity index is 1030. The first kappa shape index (κ1) is 23.3. The van der Waals surface area contributed by atoms with Gasteiger partial charge in [-0.3, -0.25) is 13.8 Å². The molecule has 8 heteroatoms. The molecule has 3 rings (SSSR count). The van der Waals surface area contributed by atoms with Crippen molar-refractivity contribution in [3.05, 3.63) is 40.7 Å². The maximum absolute atomic E-state index is 13.8. The molecule has 1 N–H and O–H groups in total.